The van der Waals surface area contributed by atoms with Gasteiger partial charge in [-0.05, 0) is 26.1 Å². The first-order valence-corrected chi connectivity index (χ1v) is 4.64. The molecule has 0 aromatic rings. The molecule has 0 radical (unpaired) electrons. The molecule has 3 heteroatoms. The van der Waals surface area contributed by atoms with E-state index in [4.69, 9.17) is 0 Å². The fourth-order valence-electron chi connectivity index (χ4n) is 1.93. The standard InChI is InChI=1S/C10H18N2O/c1-5-10(13)12-6-8(2)9(7-12)11(3)4/h5,8-9H,1,6-7H2,2-4H3/t8-,9+/m1/s1. The zero-order valence-corrected chi connectivity index (χ0v) is 8.66. The fourth-order valence-corrected chi connectivity index (χ4v) is 1.93. The average Bonchev–Trinajstić information content (AvgIpc) is 2.46. The number of hydrogen-bond acceptors (Lipinski definition) is 2. The predicted molar refractivity (Wildman–Crippen MR) is 53.4 cm³/mol. The second-order valence-corrected chi connectivity index (χ2v) is 3.96. The molecule has 0 bridgehead atoms. The van der Waals surface area contributed by atoms with Gasteiger partial charge in [-0.25, -0.2) is 0 Å². The minimum atomic E-state index is 0.0520. The highest BCUT2D eigenvalue weighted by Gasteiger charge is 2.32. The van der Waals surface area contributed by atoms with Crippen LogP contribution in [0, 0.1) is 5.92 Å². The summed E-state index contributed by atoms with van der Waals surface area (Å²) >= 11 is 0. The normalized spacial score (nSPS) is 28.2. The van der Waals surface area contributed by atoms with E-state index in [2.05, 4.69) is 32.5 Å². The van der Waals surface area contributed by atoms with Crippen LogP contribution in [0.25, 0.3) is 0 Å². The Labute approximate surface area is 80.0 Å². The smallest absolute Gasteiger partial charge is 0.246 e. The van der Waals surface area contributed by atoms with Crippen molar-refractivity contribution >= 4 is 5.91 Å². The van der Waals surface area contributed by atoms with Gasteiger partial charge in [0.05, 0.1) is 0 Å². The van der Waals surface area contributed by atoms with Crippen LogP contribution in [0.5, 0.6) is 0 Å². The molecule has 0 aromatic carbocycles. The summed E-state index contributed by atoms with van der Waals surface area (Å²) in [6.45, 7) is 7.36. The molecular weight excluding hydrogens is 164 g/mol. The maximum absolute atomic E-state index is 11.3. The zero-order chi connectivity index (χ0) is 10.0. The van der Waals surface area contributed by atoms with Crippen LogP contribution in [0.15, 0.2) is 12.7 Å². The molecule has 13 heavy (non-hydrogen) atoms. The first-order valence-electron chi connectivity index (χ1n) is 4.64. The van der Waals surface area contributed by atoms with E-state index >= 15 is 0 Å². The van der Waals surface area contributed by atoms with Gasteiger partial charge in [-0.3, -0.25) is 4.79 Å². The minimum Gasteiger partial charge on any atom is -0.337 e. The van der Waals surface area contributed by atoms with Gasteiger partial charge in [-0.2, -0.15) is 0 Å². The first kappa shape index (κ1) is 10.3. The molecule has 0 aliphatic carbocycles. The van der Waals surface area contributed by atoms with Gasteiger partial charge in [0.15, 0.2) is 0 Å². The molecule has 2 atom stereocenters. The Hall–Kier alpha value is -0.830. The highest BCUT2D eigenvalue weighted by Crippen LogP contribution is 2.19. The quantitative estimate of drug-likeness (QED) is 0.583. The SMILES string of the molecule is C=CC(=O)N1C[C@@H](C)[C@@H](N(C)C)C1. The highest BCUT2D eigenvalue weighted by molar-refractivity contribution is 5.87. The summed E-state index contributed by atoms with van der Waals surface area (Å²) in [6.07, 6.45) is 1.39. The number of hydrogen-bond donors (Lipinski definition) is 0. The summed E-state index contributed by atoms with van der Waals surface area (Å²) < 4.78 is 0. The summed E-state index contributed by atoms with van der Waals surface area (Å²) in [5.41, 5.74) is 0. The molecule has 1 heterocycles. The van der Waals surface area contributed by atoms with Crippen LogP contribution in [0.1, 0.15) is 6.92 Å². The van der Waals surface area contributed by atoms with Crippen LogP contribution < -0.4 is 0 Å². The summed E-state index contributed by atoms with van der Waals surface area (Å²) in [5, 5.41) is 0. The Bertz CT molecular complexity index is 213. The van der Waals surface area contributed by atoms with Gasteiger partial charge in [0.2, 0.25) is 5.91 Å². The molecule has 1 fully saturated rings. The summed E-state index contributed by atoms with van der Waals surface area (Å²) in [7, 11) is 4.12. The van der Waals surface area contributed by atoms with Crippen molar-refractivity contribution in [3.05, 3.63) is 12.7 Å². The molecule has 0 spiro atoms. The second-order valence-electron chi connectivity index (χ2n) is 3.96. The third-order valence-corrected chi connectivity index (χ3v) is 2.72. The number of rotatable bonds is 2. The summed E-state index contributed by atoms with van der Waals surface area (Å²) in [5.74, 6) is 0.607. The molecule has 0 N–H and O–H groups in total. The Balaban J connectivity index is 2.59. The molecule has 1 aliphatic rings. The molecule has 0 aromatic heterocycles. The third kappa shape index (κ3) is 2.10. The number of likely N-dealkylation sites (tertiary alicyclic amines) is 1. The lowest BCUT2D eigenvalue weighted by molar-refractivity contribution is -0.125. The lowest BCUT2D eigenvalue weighted by Gasteiger charge is -2.22. The van der Waals surface area contributed by atoms with E-state index in [1.54, 1.807) is 0 Å². The van der Waals surface area contributed by atoms with Crippen molar-refractivity contribution in [2.45, 2.75) is 13.0 Å². The fraction of sp³-hybridized carbons (Fsp3) is 0.700. The molecule has 0 unspecified atom stereocenters. The number of likely N-dealkylation sites (N-methyl/N-ethyl adjacent to an activating group) is 1. The van der Waals surface area contributed by atoms with Crippen LogP contribution in [-0.4, -0.2) is 48.9 Å². The Morgan fingerprint density at radius 1 is 1.54 bits per heavy atom. The lowest BCUT2D eigenvalue weighted by Crippen LogP contribution is -2.35. The minimum absolute atomic E-state index is 0.0520. The van der Waals surface area contributed by atoms with Crippen LogP contribution in [0.3, 0.4) is 0 Å². The van der Waals surface area contributed by atoms with Gasteiger partial charge in [0, 0.05) is 19.1 Å². The van der Waals surface area contributed by atoms with E-state index in [1.807, 2.05) is 4.90 Å². The highest BCUT2D eigenvalue weighted by atomic mass is 16.2. The summed E-state index contributed by atoms with van der Waals surface area (Å²) in [4.78, 5) is 15.4. The van der Waals surface area contributed by atoms with Gasteiger partial charge in [0.1, 0.15) is 0 Å². The van der Waals surface area contributed by atoms with E-state index in [1.165, 1.54) is 6.08 Å². The third-order valence-electron chi connectivity index (χ3n) is 2.72. The van der Waals surface area contributed by atoms with Crippen molar-refractivity contribution in [3.63, 3.8) is 0 Å². The molecule has 1 aliphatic heterocycles. The Morgan fingerprint density at radius 2 is 2.15 bits per heavy atom. The Morgan fingerprint density at radius 3 is 2.54 bits per heavy atom. The van der Waals surface area contributed by atoms with Crippen molar-refractivity contribution in [3.8, 4) is 0 Å². The topological polar surface area (TPSA) is 23.6 Å². The largest absolute Gasteiger partial charge is 0.337 e. The first-order chi connectivity index (χ1) is 6.06. The maximum Gasteiger partial charge on any atom is 0.246 e. The van der Waals surface area contributed by atoms with Crippen molar-refractivity contribution in [1.29, 1.82) is 0 Å². The second kappa shape index (κ2) is 3.92. The van der Waals surface area contributed by atoms with E-state index in [9.17, 15) is 4.79 Å². The molecule has 1 rings (SSSR count). The lowest BCUT2D eigenvalue weighted by atomic mass is 10.1. The zero-order valence-electron chi connectivity index (χ0n) is 8.66. The van der Waals surface area contributed by atoms with Gasteiger partial charge in [-0.1, -0.05) is 13.5 Å². The molecule has 1 amide bonds. The predicted octanol–water partition coefficient (Wildman–Crippen LogP) is 0.581. The van der Waals surface area contributed by atoms with Crippen LogP contribution >= 0.6 is 0 Å². The maximum atomic E-state index is 11.3. The van der Waals surface area contributed by atoms with Crippen molar-refractivity contribution in [1.82, 2.24) is 9.80 Å². The van der Waals surface area contributed by atoms with Gasteiger partial charge in [-0.15, -0.1) is 0 Å². The van der Waals surface area contributed by atoms with Crippen LogP contribution in [-0.2, 0) is 4.79 Å². The summed E-state index contributed by atoms with van der Waals surface area (Å²) in [6, 6.07) is 0.490. The van der Waals surface area contributed by atoms with E-state index in [0.29, 0.717) is 12.0 Å². The van der Waals surface area contributed by atoms with Gasteiger partial charge in [0.25, 0.3) is 0 Å². The van der Waals surface area contributed by atoms with Crippen molar-refractivity contribution < 1.29 is 4.79 Å². The number of nitrogens with zero attached hydrogens (tertiary/aromatic N) is 2. The molecule has 1 saturated heterocycles. The average molecular weight is 182 g/mol. The van der Waals surface area contributed by atoms with E-state index in [0.717, 1.165) is 13.1 Å². The molecule has 3 nitrogen and oxygen atoms in total. The van der Waals surface area contributed by atoms with Crippen molar-refractivity contribution in [2.75, 3.05) is 27.2 Å². The molecular formula is C10H18N2O. The molecule has 74 valence electrons. The van der Waals surface area contributed by atoms with E-state index in [-0.39, 0.29) is 5.91 Å². The number of carbonyl (C=O) groups excluding carboxylic acids is 1. The van der Waals surface area contributed by atoms with Gasteiger partial charge >= 0.3 is 0 Å². The van der Waals surface area contributed by atoms with Crippen molar-refractivity contribution in [2.24, 2.45) is 5.92 Å². The van der Waals surface area contributed by atoms with Crippen LogP contribution in [0.4, 0.5) is 0 Å². The number of carbonyl (C=O) groups is 1. The van der Waals surface area contributed by atoms with E-state index < -0.39 is 0 Å². The Kier molecular flexibility index (Phi) is 3.09. The number of amides is 1. The van der Waals surface area contributed by atoms with Gasteiger partial charge < -0.3 is 9.80 Å². The van der Waals surface area contributed by atoms with Crippen LogP contribution in [0.2, 0.25) is 0 Å². The monoisotopic (exact) mass is 182 g/mol. The molecule has 0 saturated carbocycles.